The van der Waals surface area contributed by atoms with E-state index in [1.165, 1.54) is 19.2 Å². The second-order valence-corrected chi connectivity index (χ2v) is 3.12. The maximum atomic E-state index is 13.8. The van der Waals surface area contributed by atoms with Gasteiger partial charge in [0.25, 0.3) is 0 Å². The summed E-state index contributed by atoms with van der Waals surface area (Å²) in [6.45, 7) is 3.61. The van der Waals surface area contributed by atoms with Gasteiger partial charge in [-0.05, 0) is 17.7 Å². The van der Waals surface area contributed by atoms with Crippen molar-refractivity contribution in [1.82, 2.24) is 0 Å². The lowest BCUT2D eigenvalue weighted by molar-refractivity contribution is 0.386. The van der Waals surface area contributed by atoms with Gasteiger partial charge in [-0.2, -0.15) is 5.26 Å². The van der Waals surface area contributed by atoms with Crippen LogP contribution in [0.15, 0.2) is 18.7 Å². The number of nitriles is 1. The molecule has 0 aromatic heterocycles. The minimum absolute atomic E-state index is 0.0682. The van der Waals surface area contributed by atoms with Gasteiger partial charge in [0.05, 0.1) is 18.7 Å². The zero-order valence-electron chi connectivity index (χ0n) is 8.18. The standard InChI is InChI=1S/C11H9ClFNO/c1-7(5-12)10-8(6-14)3-4-9(15-2)11(10)13/h3-4H,1,5H2,2H3. The number of hydrogen-bond donors (Lipinski definition) is 0. The molecular formula is C11H9ClFNO. The summed E-state index contributed by atoms with van der Waals surface area (Å²) in [4.78, 5) is 0. The van der Waals surface area contributed by atoms with Gasteiger partial charge in [-0.3, -0.25) is 0 Å². The molecule has 0 aliphatic rings. The van der Waals surface area contributed by atoms with E-state index in [-0.39, 0.29) is 22.8 Å². The Labute approximate surface area is 92.5 Å². The highest BCUT2D eigenvalue weighted by molar-refractivity contribution is 6.23. The molecule has 0 bridgehead atoms. The van der Waals surface area contributed by atoms with Gasteiger partial charge in [0.1, 0.15) is 0 Å². The second kappa shape index (κ2) is 4.81. The molecule has 0 atom stereocenters. The monoisotopic (exact) mass is 225 g/mol. The van der Waals surface area contributed by atoms with Crippen LogP contribution in [0.4, 0.5) is 4.39 Å². The molecule has 2 nitrogen and oxygen atoms in total. The smallest absolute Gasteiger partial charge is 0.173 e. The molecule has 0 aliphatic carbocycles. The van der Waals surface area contributed by atoms with Crippen LogP contribution < -0.4 is 4.74 Å². The predicted octanol–water partition coefficient (Wildman–Crippen LogP) is 2.96. The third-order valence-corrected chi connectivity index (χ3v) is 2.28. The Morgan fingerprint density at radius 3 is 2.80 bits per heavy atom. The van der Waals surface area contributed by atoms with E-state index in [9.17, 15) is 4.39 Å². The second-order valence-electron chi connectivity index (χ2n) is 2.85. The van der Waals surface area contributed by atoms with Gasteiger partial charge < -0.3 is 4.74 Å². The topological polar surface area (TPSA) is 33.0 Å². The van der Waals surface area contributed by atoms with Gasteiger partial charge in [0, 0.05) is 11.4 Å². The highest BCUT2D eigenvalue weighted by atomic mass is 35.5. The minimum Gasteiger partial charge on any atom is -0.494 e. The van der Waals surface area contributed by atoms with Crippen LogP contribution in [-0.2, 0) is 0 Å². The molecule has 4 heteroatoms. The van der Waals surface area contributed by atoms with Gasteiger partial charge in [-0.15, -0.1) is 11.6 Å². The lowest BCUT2D eigenvalue weighted by Crippen LogP contribution is -1.98. The molecule has 1 aromatic rings. The fourth-order valence-corrected chi connectivity index (χ4v) is 1.35. The Balaban J connectivity index is 3.44. The van der Waals surface area contributed by atoms with Crippen LogP contribution in [0.3, 0.4) is 0 Å². The average Bonchev–Trinajstić information content (AvgIpc) is 2.27. The molecule has 0 amide bonds. The van der Waals surface area contributed by atoms with Crippen LogP contribution in [0.25, 0.3) is 5.57 Å². The molecule has 78 valence electrons. The van der Waals surface area contributed by atoms with Crippen molar-refractivity contribution >= 4 is 17.2 Å². The van der Waals surface area contributed by atoms with Crippen LogP contribution in [0.2, 0.25) is 0 Å². The first-order valence-electron chi connectivity index (χ1n) is 4.16. The SMILES string of the molecule is C=C(CCl)c1c(C#N)ccc(OC)c1F. The fraction of sp³-hybridized carbons (Fsp3) is 0.182. The molecule has 0 fully saturated rings. The Bertz CT molecular complexity index is 437. The van der Waals surface area contributed by atoms with E-state index in [2.05, 4.69) is 6.58 Å². The van der Waals surface area contributed by atoms with Crippen molar-refractivity contribution in [2.24, 2.45) is 0 Å². The third-order valence-electron chi connectivity index (χ3n) is 1.96. The van der Waals surface area contributed by atoms with Gasteiger partial charge in [-0.1, -0.05) is 6.58 Å². The first-order valence-corrected chi connectivity index (χ1v) is 4.69. The summed E-state index contributed by atoms with van der Waals surface area (Å²) in [5, 5.41) is 8.81. The van der Waals surface area contributed by atoms with E-state index >= 15 is 0 Å². The van der Waals surface area contributed by atoms with Gasteiger partial charge in [0.2, 0.25) is 0 Å². The molecule has 0 aliphatic heterocycles. The van der Waals surface area contributed by atoms with Crippen LogP contribution in [0.1, 0.15) is 11.1 Å². The van der Waals surface area contributed by atoms with Gasteiger partial charge in [-0.25, -0.2) is 4.39 Å². The summed E-state index contributed by atoms with van der Waals surface area (Å²) in [6, 6.07) is 4.77. The number of allylic oxidation sites excluding steroid dienone is 1. The number of ether oxygens (including phenoxy) is 1. The summed E-state index contributed by atoms with van der Waals surface area (Å²) < 4.78 is 18.6. The van der Waals surface area contributed by atoms with Crippen LogP contribution in [0.5, 0.6) is 5.75 Å². The predicted molar refractivity (Wildman–Crippen MR) is 57.4 cm³/mol. The molecule has 0 saturated carbocycles. The molecule has 0 unspecified atom stereocenters. The lowest BCUT2D eigenvalue weighted by Gasteiger charge is -2.09. The molecule has 0 heterocycles. The summed E-state index contributed by atoms with van der Waals surface area (Å²) in [5.74, 6) is -0.448. The molecular weight excluding hydrogens is 217 g/mol. The van der Waals surface area contributed by atoms with Crippen molar-refractivity contribution in [3.8, 4) is 11.8 Å². The van der Waals surface area contributed by atoms with E-state index in [1.54, 1.807) is 0 Å². The highest BCUT2D eigenvalue weighted by Gasteiger charge is 2.15. The number of rotatable bonds is 3. The van der Waals surface area contributed by atoms with Crippen LogP contribution >= 0.6 is 11.6 Å². The Morgan fingerprint density at radius 2 is 2.33 bits per heavy atom. The first-order chi connectivity index (χ1) is 7.15. The zero-order chi connectivity index (χ0) is 11.4. The number of halogens is 2. The van der Waals surface area contributed by atoms with Crippen molar-refractivity contribution in [3.63, 3.8) is 0 Å². The molecule has 0 saturated heterocycles. The first kappa shape index (κ1) is 11.5. The molecule has 15 heavy (non-hydrogen) atoms. The van der Waals surface area contributed by atoms with Crippen LogP contribution in [-0.4, -0.2) is 13.0 Å². The summed E-state index contributed by atoms with van der Waals surface area (Å²) in [5.41, 5.74) is 0.704. The van der Waals surface area contributed by atoms with Crippen molar-refractivity contribution in [2.75, 3.05) is 13.0 Å². The minimum atomic E-state index is -0.595. The number of nitrogens with zero attached hydrogens (tertiary/aromatic N) is 1. The van der Waals surface area contributed by atoms with Crippen LogP contribution in [0, 0.1) is 17.1 Å². The quantitative estimate of drug-likeness (QED) is 0.741. The summed E-state index contributed by atoms with van der Waals surface area (Å²) >= 11 is 5.57. The lowest BCUT2D eigenvalue weighted by atomic mass is 10.0. The number of hydrogen-bond acceptors (Lipinski definition) is 2. The van der Waals surface area contributed by atoms with E-state index < -0.39 is 5.82 Å². The number of methoxy groups -OCH3 is 1. The van der Waals surface area contributed by atoms with E-state index in [1.807, 2.05) is 6.07 Å². The largest absolute Gasteiger partial charge is 0.494 e. The van der Waals surface area contributed by atoms with E-state index in [0.29, 0.717) is 5.57 Å². The third kappa shape index (κ3) is 2.11. The molecule has 0 radical (unpaired) electrons. The van der Waals surface area contributed by atoms with Crippen molar-refractivity contribution < 1.29 is 9.13 Å². The molecule has 1 rings (SSSR count). The highest BCUT2D eigenvalue weighted by Crippen LogP contribution is 2.28. The molecule has 0 N–H and O–H groups in total. The van der Waals surface area contributed by atoms with E-state index in [0.717, 1.165) is 0 Å². The van der Waals surface area contributed by atoms with Crippen molar-refractivity contribution in [1.29, 1.82) is 5.26 Å². The Hall–Kier alpha value is -1.53. The fourth-order valence-electron chi connectivity index (χ4n) is 1.22. The molecule has 0 spiro atoms. The zero-order valence-corrected chi connectivity index (χ0v) is 8.94. The van der Waals surface area contributed by atoms with Crippen molar-refractivity contribution in [3.05, 3.63) is 35.7 Å². The number of alkyl halides is 1. The number of benzene rings is 1. The van der Waals surface area contributed by atoms with Crippen molar-refractivity contribution in [2.45, 2.75) is 0 Å². The molecule has 1 aromatic carbocycles. The maximum Gasteiger partial charge on any atom is 0.173 e. The normalized spacial score (nSPS) is 9.47. The summed E-state index contributed by atoms with van der Waals surface area (Å²) in [7, 11) is 1.36. The Morgan fingerprint density at radius 1 is 1.67 bits per heavy atom. The Kier molecular flexibility index (Phi) is 3.70. The van der Waals surface area contributed by atoms with Gasteiger partial charge >= 0.3 is 0 Å². The van der Waals surface area contributed by atoms with Gasteiger partial charge in [0.15, 0.2) is 11.6 Å². The summed E-state index contributed by atoms with van der Waals surface area (Å²) in [6.07, 6.45) is 0. The van der Waals surface area contributed by atoms with E-state index in [4.69, 9.17) is 21.6 Å². The average molecular weight is 226 g/mol. The maximum absolute atomic E-state index is 13.8.